The zero-order valence-corrected chi connectivity index (χ0v) is 7.61. The fraction of sp³-hybridized carbons (Fsp3) is 0.889. The van der Waals surface area contributed by atoms with Gasteiger partial charge in [-0.25, -0.2) is 4.79 Å². The number of hydrogen-bond donors (Lipinski definition) is 1. The molecule has 1 atom stereocenters. The van der Waals surface area contributed by atoms with Gasteiger partial charge in [0, 0.05) is 19.5 Å². The third-order valence-corrected chi connectivity index (χ3v) is 2.99. The lowest BCUT2D eigenvalue weighted by molar-refractivity contribution is -0.173. The smallest absolute Gasteiger partial charge is 0.333 e. The van der Waals surface area contributed by atoms with E-state index in [-0.39, 0.29) is 6.23 Å². The van der Waals surface area contributed by atoms with Gasteiger partial charge in [0.2, 0.25) is 0 Å². The number of carbonyl (C=O) groups excluding carboxylic acids is 1. The normalized spacial score (nSPS) is 37.5. The highest BCUT2D eigenvalue weighted by molar-refractivity contribution is 5.70. The second-order valence-corrected chi connectivity index (χ2v) is 3.82. The Morgan fingerprint density at radius 1 is 1.46 bits per heavy atom. The van der Waals surface area contributed by atoms with Gasteiger partial charge in [0.05, 0.1) is 0 Å². The molecular weight excluding hydrogens is 170 g/mol. The minimum Gasteiger partial charge on any atom is -0.445 e. The minimum atomic E-state index is -0.505. The van der Waals surface area contributed by atoms with Crippen LogP contribution in [0.25, 0.3) is 0 Å². The van der Waals surface area contributed by atoms with Gasteiger partial charge < -0.3 is 9.84 Å². The maximum Gasteiger partial charge on any atom is 0.333 e. The Balaban J connectivity index is 1.90. The van der Waals surface area contributed by atoms with Crippen molar-refractivity contribution in [1.82, 2.24) is 4.90 Å². The summed E-state index contributed by atoms with van der Waals surface area (Å²) in [6.07, 6.45) is 3.35. The van der Waals surface area contributed by atoms with Crippen molar-refractivity contribution in [3.63, 3.8) is 0 Å². The zero-order valence-electron chi connectivity index (χ0n) is 7.61. The van der Waals surface area contributed by atoms with Gasteiger partial charge in [0.15, 0.2) is 6.23 Å². The van der Waals surface area contributed by atoms with Crippen LogP contribution in [0.4, 0.5) is 0 Å². The number of ether oxygens (including phenoxy) is 1. The Morgan fingerprint density at radius 3 is 2.62 bits per heavy atom. The van der Waals surface area contributed by atoms with Crippen molar-refractivity contribution >= 4 is 5.97 Å². The van der Waals surface area contributed by atoms with E-state index in [0.29, 0.717) is 0 Å². The largest absolute Gasteiger partial charge is 0.445 e. The first-order valence-corrected chi connectivity index (χ1v) is 4.84. The number of fused-ring (bicyclic) bond motifs is 3. The lowest BCUT2D eigenvalue weighted by Gasteiger charge is -2.44. The van der Waals surface area contributed by atoms with Crippen LogP contribution in [0.1, 0.15) is 19.3 Å². The molecule has 1 N–H and O–H groups in total. The topological polar surface area (TPSA) is 49.8 Å². The molecule has 0 radical (unpaired) electrons. The Kier molecular flexibility index (Phi) is 2.51. The molecule has 3 fully saturated rings. The Bertz CT molecular complexity index is 199. The van der Waals surface area contributed by atoms with Crippen molar-refractivity contribution in [2.24, 2.45) is 5.92 Å². The van der Waals surface area contributed by atoms with E-state index < -0.39 is 12.6 Å². The molecule has 2 bridgehead atoms. The maximum absolute atomic E-state index is 10.9. The summed E-state index contributed by atoms with van der Waals surface area (Å²) in [5, 5.41) is 8.54. The molecule has 0 aliphatic carbocycles. The van der Waals surface area contributed by atoms with E-state index in [2.05, 4.69) is 4.90 Å². The summed E-state index contributed by atoms with van der Waals surface area (Å²) in [7, 11) is 0. The summed E-state index contributed by atoms with van der Waals surface area (Å²) < 4.78 is 5.11. The third-order valence-electron chi connectivity index (χ3n) is 2.99. The van der Waals surface area contributed by atoms with Gasteiger partial charge in [-0.3, -0.25) is 4.90 Å². The summed E-state index contributed by atoms with van der Waals surface area (Å²) in [6, 6.07) is 0. The zero-order chi connectivity index (χ0) is 9.26. The molecule has 0 spiro atoms. The molecule has 0 aromatic heterocycles. The van der Waals surface area contributed by atoms with E-state index in [1.165, 1.54) is 12.8 Å². The van der Waals surface area contributed by atoms with Crippen LogP contribution in [-0.2, 0) is 9.53 Å². The monoisotopic (exact) mass is 185 g/mol. The molecule has 13 heavy (non-hydrogen) atoms. The van der Waals surface area contributed by atoms with E-state index in [4.69, 9.17) is 9.84 Å². The Hall–Kier alpha value is -0.610. The van der Waals surface area contributed by atoms with Gasteiger partial charge >= 0.3 is 5.97 Å². The van der Waals surface area contributed by atoms with E-state index in [0.717, 1.165) is 25.4 Å². The predicted molar refractivity (Wildman–Crippen MR) is 45.9 cm³/mol. The summed E-state index contributed by atoms with van der Waals surface area (Å²) in [5.74, 6) is 0.221. The Labute approximate surface area is 77.5 Å². The second-order valence-electron chi connectivity index (χ2n) is 3.82. The molecule has 0 aromatic carbocycles. The molecule has 0 saturated carbocycles. The van der Waals surface area contributed by atoms with Crippen LogP contribution in [0.15, 0.2) is 0 Å². The molecule has 0 amide bonds. The van der Waals surface area contributed by atoms with Crippen LogP contribution in [-0.4, -0.2) is 41.9 Å². The van der Waals surface area contributed by atoms with Crippen LogP contribution >= 0.6 is 0 Å². The Morgan fingerprint density at radius 2 is 2.15 bits per heavy atom. The third kappa shape index (κ3) is 1.84. The van der Waals surface area contributed by atoms with Gasteiger partial charge in [0.25, 0.3) is 0 Å². The first kappa shape index (κ1) is 8.97. The summed E-state index contributed by atoms with van der Waals surface area (Å²) in [5.41, 5.74) is 0. The number of nitrogens with zero attached hydrogens (tertiary/aromatic N) is 1. The summed E-state index contributed by atoms with van der Waals surface area (Å²) >= 11 is 0. The molecule has 4 nitrogen and oxygen atoms in total. The van der Waals surface area contributed by atoms with Crippen LogP contribution in [0.5, 0.6) is 0 Å². The first-order chi connectivity index (χ1) is 6.29. The van der Waals surface area contributed by atoms with Gasteiger partial charge in [0.1, 0.15) is 6.61 Å². The molecule has 1 unspecified atom stereocenters. The number of hydrogen-bond acceptors (Lipinski definition) is 4. The molecule has 3 rings (SSSR count). The van der Waals surface area contributed by atoms with Crippen molar-refractivity contribution in [2.75, 3.05) is 19.7 Å². The molecule has 3 heterocycles. The van der Waals surface area contributed by atoms with E-state index >= 15 is 0 Å². The fourth-order valence-corrected chi connectivity index (χ4v) is 2.22. The highest BCUT2D eigenvalue weighted by Crippen LogP contribution is 2.32. The number of piperidine rings is 3. The molecular formula is C9H15NO3. The highest BCUT2D eigenvalue weighted by atomic mass is 16.6. The molecule has 3 aliphatic rings. The van der Waals surface area contributed by atoms with E-state index in [1.807, 2.05) is 0 Å². The average molecular weight is 185 g/mol. The van der Waals surface area contributed by atoms with Crippen molar-refractivity contribution < 1.29 is 14.6 Å². The minimum absolute atomic E-state index is 0.0628. The van der Waals surface area contributed by atoms with Crippen molar-refractivity contribution in [3.05, 3.63) is 0 Å². The highest BCUT2D eigenvalue weighted by Gasteiger charge is 2.35. The van der Waals surface area contributed by atoms with Crippen LogP contribution in [0, 0.1) is 5.92 Å². The lowest BCUT2D eigenvalue weighted by atomic mass is 9.87. The van der Waals surface area contributed by atoms with Gasteiger partial charge in [-0.15, -0.1) is 0 Å². The summed E-state index contributed by atoms with van der Waals surface area (Å²) in [4.78, 5) is 13.0. The van der Waals surface area contributed by atoms with Crippen molar-refractivity contribution in [1.29, 1.82) is 0 Å². The SMILES string of the molecule is O=C(CO)OC1CC2CCN1CC2. The van der Waals surface area contributed by atoms with E-state index in [9.17, 15) is 4.79 Å². The quantitative estimate of drug-likeness (QED) is 0.613. The number of esters is 1. The molecule has 0 aromatic rings. The molecule has 3 saturated heterocycles. The summed E-state index contributed by atoms with van der Waals surface area (Å²) in [6.45, 7) is 1.57. The number of carbonyl (C=O) groups is 1. The van der Waals surface area contributed by atoms with Crippen molar-refractivity contribution in [2.45, 2.75) is 25.5 Å². The predicted octanol–water partition coefficient (Wildman–Crippen LogP) is -0.0363. The van der Waals surface area contributed by atoms with Gasteiger partial charge in [-0.05, 0) is 18.8 Å². The van der Waals surface area contributed by atoms with Gasteiger partial charge in [-0.1, -0.05) is 0 Å². The average Bonchev–Trinajstić information content (AvgIpc) is 2.19. The lowest BCUT2D eigenvalue weighted by Crippen LogP contribution is -2.50. The van der Waals surface area contributed by atoms with Gasteiger partial charge in [-0.2, -0.15) is 0 Å². The number of rotatable bonds is 2. The molecule has 3 aliphatic heterocycles. The van der Waals surface area contributed by atoms with E-state index in [1.54, 1.807) is 0 Å². The van der Waals surface area contributed by atoms with Crippen molar-refractivity contribution in [3.8, 4) is 0 Å². The number of aliphatic hydroxyl groups is 1. The first-order valence-electron chi connectivity index (χ1n) is 4.84. The maximum atomic E-state index is 10.9. The second kappa shape index (κ2) is 3.64. The fourth-order valence-electron chi connectivity index (χ4n) is 2.22. The van der Waals surface area contributed by atoms with Crippen LogP contribution < -0.4 is 0 Å². The molecule has 74 valence electrons. The van der Waals surface area contributed by atoms with Crippen LogP contribution in [0.2, 0.25) is 0 Å². The molecule has 4 heteroatoms. The van der Waals surface area contributed by atoms with Crippen LogP contribution in [0.3, 0.4) is 0 Å². The standard InChI is InChI=1S/C9H15NO3/c11-6-9(12)13-8-5-7-1-3-10(8)4-2-7/h7-8,11H,1-6H2. The number of aliphatic hydroxyl groups excluding tert-OH is 1.